The summed E-state index contributed by atoms with van der Waals surface area (Å²) in [6, 6.07) is 15.7. The Hall–Kier alpha value is -2.70. The second-order valence-corrected chi connectivity index (χ2v) is 8.85. The van der Waals surface area contributed by atoms with Gasteiger partial charge < -0.3 is 24.7 Å². The van der Waals surface area contributed by atoms with E-state index in [0.29, 0.717) is 0 Å². The zero-order valence-corrected chi connectivity index (χ0v) is 19.2. The first kappa shape index (κ1) is 21.2. The number of piperazine rings is 1. The number of anilines is 1. The van der Waals surface area contributed by atoms with E-state index in [1.54, 1.807) is 14.2 Å². The van der Waals surface area contributed by atoms with E-state index in [4.69, 9.17) is 9.47 Å². The first-order valence-corrected chi connectivity index (χ1v) is 11.8. The van der Waals surface area contributed by atoms with Gasteiger partial charge in [-0.25, -0.2) is 0 Å². The van der Waals surface area contributed by atoms with Crippen LogP contribution in [-0.2, 0) is 0 Å². The summed E-state index contributed by atoms with van der Waals surface area (Å²) in [4.78, 5) is 8.80. The number of rotatable bonds is 5. The number of H-pyrrole nitrogens is 1. The van der Waals surface area contributed by atoms with Gasteiger partial charge in [0.2, 0.25) is 0 Å². The zero-order valence-electron chi connectivity index (χ0n) is 19.2. The van der Waals surface area contributed by atoms with Crippen molar-refractivity contribution in [1.29, 1.82) is 0 Å². The van der Waals surface area contributed by atoms with Crippen LogP contribution in [0.2, 0.25) is 0 Å². The molecule has 2 saturated heterocycles. The van der Waals surface area contributed by atoms with Crippen molar-refractivity contribution < 1.29 is 9.47 Å². The van der Waals surface area contributed by atoms with Crippen LogP contribution in [0, 0.1) is 0 Å². The van der Waals surface area contributed by atoms with Gasteiger partial charge in [0.25, 0.3) is 0 Å². The third-order valence-electron chi connectivity index (χ3n) is 7.04. The highest BCUT2D eigenvalue weighted by Gasteiger charge is 2.24. The van der Waals surface area contributed by atoms with Gasteiger partial charge in [0, 0.05) is 54.4 Å². The third-order valence-corrected chi connectivity index (χ3v) is 7.04. The number of hydrogen-bond donors (Lipinski definition) is 2. The van der Waals surface area contributed by atoms with Crippen molar-refractivity contribution in [2.45, 2.75) is 25.3 Å². The Morgan fingerprint density at radius 3 is 2.59 bits per heavy atom. The molecule has 6 nitrogen and oxygen atoms in total. The van der Waals surface area contributed by atoms with Gasteiger partial charge in [-0.15, -0.1) is 0 Å². The number of ether oxygens (including phenoxy) is 2. The number of para-hydroxylation sites is 1. The summed E-state index contributed by atoms with van der Waals surface area (Å²) < 4.78 is 11.1. The Morgan fingerprint density at radius 2 is 1.78 bits per heavy atom. The van der Waals surface area contributed by atoms with Crippen molar-refractivity contribution in [3.05, 3.63) is 42.5 Å². The van der Waals surface area contributed by atoms with Crippen LogP contribution >= 0.6 is 0 Å². The molecule has 0 amide bonds. The Balaban J connectivity index is 1.33. The van der Waals surface area contributed by atoms with Crippen molar-refractivity contribution in [2.24, 2.45) is 0 Å². The average Bonchev–Trinajstić information content (AvgIpc) is 3.08. The molecule has 0 aliphatic carbocycles. The van der Waals surface area contributed by atoms with Gasteiger partial charge in [-0.3, -0.25) is 4.90 Å². The first-order valence-electron chi connectivity index (χ1n) is 11.8. The normalized spacial score (nSPS) is 20.3. The van der Waals surface area contributed by atoms with E-state index in [0.717, 1.165) is 67.0 Å². The molecule has 2 aliphatic heterocycles. The molecule has 3 heterocycles. The molecule has 0 spiro atoms. The van der Waals surface area contributed by atoms with E-state index in [1.807, 2.05) is 12.1 Å². The molecule has 1 aromatic heterocycles. The van der Waals surface area contributed by atoms with Crippen LogP contribution in [0.5, 0.6) is 11.5 Å². The molecular formula is C26H34N4O2. The van der Waals surface area contributed by atoms with Gasteiger partial charge in [0.05, 0.1) is 19.9 Å². The van der Waals surface area contributed by atoms with Gasteiger partial charge in [0.1, 0.15) is 0 Å². The smallest absolute Gasteiger partial charge is 0.170 e. The van der Waals surface area contributed by atoms with Crippen molar-refractivity contribution in [1.82, 2.24) is 15.2 Å². The number of benzene rings is 2. The lowest BCUT2D eigenvalue weighted by molar-refractivity contribution is 0.172. The SMILES string of the molecule is COc1cccc(-c2cc3cc(N4CCN(C5CCCNCC5)CC4)ccc3[nH]2)c1OC. The predicted octanol–water partition coefficient (Wildman–Crippen LogP) is 4.12. The minimum Gasteiger partial charge on any atom is -0.493 e. The Morgan fingerprint density at radius 1 is 0.906 bits per heavy atom. The number of hydrogen-bond acceptors (Lipinski definition) is 5. The largest absolute Gasteiger partial charge is 0.493 e. The summed E-state index contributed by atoms with van der Waals surface area (Å²) in [6.45, 7) is 6.84. The molecule has 0 radical (unpaired) electrons. The standard InChI is InChI=1S/C26H34N4O2/c1-31-25-7-3-6-22(26(25)32-2)24-18-19-17-21(8-9-23(19)28-24)30-15-13-29(14-16-30)20-5-4-11-27-12-10-20/h3,6-9,17-18,20,27-28H,4-5,10-16H2,1-2H3. The van der Waals surface area contributed by atoms with Gasteiger partial charge in [-0.1, -0.05) is 6.07 Å². The molecular weight excluding hydrogens is 400 g/mol. The van der Waals surface area contributed by atoms with Crippen LogP contribution in [0.1, 0.15) is 19.3 Å². The highest BCUT2D eigenvalue weighted by atomic mass is 16.5. The maximum atomic E-state index is 5.64. The fourth-order valence-electron chi connectivity index (χ4n) is 5.27. The molecule has 2 fully saturated rings. The van der Waals surface area contributed by atoms with E-state index >= 15 is 0 Å². The van der Waals surface area contributed by atoms with Gasteiger partial charge in [-0.2, -0.15) is 0 Å². The highest BCUT2D eigenvalue weighted by Crippen LogP contribution is 2.39. The second-order valence-electron chi connectivity index (χ2n) is 8.85. The monoisotopic (exact) mass is 434 g/mol. The van der Waals surface area contributed by atoms with Crippen molar-refractivity contribution in [2.75, 3.05) is 58.4 Å². The molecule has 0 saturated carbocycles. The molecule has 0 bridgehead atoms. The lowest BCUT2D eigenvalue weighted by atomic mass is 10.1. The topological polar surface area (TPSA) is 52.8 Å². The number of fused-ring (bicyclic) bond motifs is 1. The molecule has 6 heteroatoms. The quantitative estimate of drug-likeness (QED) is 0.633. The maximum Gasteiger partial charge on any atom is 0.170 e. The summed E-state index contributed by atoms with van der Waals surface area (Å²) >= 11 is 0. The first-order chi connectivity index (χ1) is 15.8. The van der Waals surface area contributed by atoms with E-state index < -0.39 is 0 Å². The summed E-state index contributed by atoms with van der Waals surface area (Å²) in [7, 11) is 3.36. The van der Waals surface area contributed by atoms with Gasteiger partial charge in [-0.05, 0) is 68.8 Å². The lowest BCUT2D eigenvalue weighted by Crippen LogP contribution is -2.50. The molecule has 170 valence electrons. The molecule has 1 unspecified atom stereocenters. The Labute approximate surface area is 190 Å². The molecule has 32 heavy (non-hydrogen) atoms. The molecule has 2 aliphatic rings. The van der Waals surface area contributed by atoms with Crippen LogP contribution in [0.25, 0.3) is 22.2 Å². The lowest BCUT2D eigenvalue weighted by Gasteiger charge is -2.40. The second kappa shape index (κ2) is 9.43. The molecule has 1 atom stereocenters. The number of nitrogens with one attached hydrogen (secondary N) is 2. The van der Waals surface area contributed by atoms with Crippen LogP contribution in [0.15, 0.2) is 42.5 Å². The van der Waals surface area contributed by atoms with Crippen LogP contribution < -0.4 is 19.7 Å². The summed E-state index contributed by atoms with van der Waals surface area (Å²) in [5.74, 6) is 1.50. The van der Waals surface area contributed by atoms with Crippen LogP contribution in [-0.4, -0.2) is 69.4 Å². The Bertz CT molecular complexity index is 1050. The predicted molar refractivity (Wildman–Crippen MR) is 131 cm³/mol. The van der Waals surface area contributed by atoms with E-state index in [9.17, 15) is 0 Å². The van der Waals surface area contributed by atoms with Crippen LogP contribution in [0.4, 0.5) is 5.69 Å². The summed E-state index contributed by atoms with van der Waals surface area (Å²) in [6.07, 6.45) is 3.92. The summed E-state index contributed by atoms with van der Waals surface area (Å²) in [5.41, 5.74) is 4.50. The Kier molecular flexibility index (Phi) is 6.23. The fraction of sp³-hybridized carbons (Fsp3) is 0.462. The fourth-order valence-corrected chi connectivity index (χ4v) is 5.27. The number of aromatic amines is 1. The van der Waals surface area contributed by atoms with E-state index in [1.165, 1.54) is 36.9 Å². The maximum absolute atomic E-state index is 5.64. The summed E-state index contributed by atoms with van der Waals surface area (Å²) in [5, 5.41) is 4.76. The molecule has 5 rings (SSSR count). The number of methoxy groups -OCH3 is 2. The molecule has 2 aromatic carbocycles. The molecule has 2 N–H and O–H groups in total. The average molecular weight is 435 g/mol. The van der Waals surface area contributed by atoms with E-state index in [2.05, 4.69) is 50.4 Å². The zero-order chi connectivity index (χ0) is 21.9. The minimum atomic E-state index is 0.742. The number of nitrogens with zero attached hydrogens (tertiary/aromatic N) is 2. The van der Waals surface area contributed by atoms with Crippen molar-refractivity contribution in [3.63, 3.8) is 0 Å². The van der Waals surface area contributed by atoms with Gasteiger partial charge >= 0.3 is 0 Å². The minimum absolute atomic E-state index is 0.742. The van der Waals surface area contributed by atoms with Crippen molar-refractivity contribution in [3.8, 4) is 22.8 Å². The van der Waals surface area contributed by atoms with E-state index in [-0.39, 0.29) is 0 Å². The third kappa shape index (κ3) is 4.17. The van der Waals surface area contributed by atoms with Crippen molar-refractivity contribution >= 4 is 16.6 Å². The number of aromatic nitrogens is 1. The van der Waals surface area contributed by atoms with Crippen LogP contribution in [0.3, 0.4) is 0 Å². The highest BCUT2D eigenvalue weighted by molar-refractivity contribution is 5.90. The molecule has 3 aromatic rings. The van der Waals surface area contributed by atoms with Gasteiger partial charge in [0.15, 0.2) is 11.5 Å².